The molecule has 1 N–H and O–H groups in total. The molecule has 0 heterocycles. The summed E-state index contributed by atoms with van der Waals surface area (Å²) in [5.74, 6) is 0.0222. The average Bonchev–Trinajstić information content (AvgIpc) is 2.78. The second kappa shape index (κ2) is 10.8. The van der Waals surface area contributed by atoms with Gasteiger partial charge in [0.1, 0.15) is 5.75 Å². The highest BCUT2D eigenvalue weighted by Crippen LogP contribution is 2.29. The molecule has 0 bridgehead atoms. The minimum Gasteiger partial charge on any atom is -0.494 e. The number of hydrogen-bond acceptors (Lipinski definition) is 4. The summed E-state index contributed by atoms with van der Waals surface area (Å²) in [7, 11) is -3.98. The molecule has 3 rings (SSSR count). The fourth-order valence-electron chi connectivity index (χ4n) is 2.99. The third-order valence-corrected chi connectivity index (χ3v) is 7.14. The zero-order valence-electron chi connectivity index (χ0n) is 17.3. The Morgan fingerprint density at radius 1 is 0.969 bits per heavy atom. The normalized spacial score (nSPS) is 11.4. The number of hydrogen-bond donors (Lipinski definition) is 1. The molecule has 0 atom stereocenters. The standard InChI is InChI=1S/C23H22Cl2N2O4S/c1-2-31-18-11-13-19(14-12-18)32(29,30)27(15-17-7-4-3-5-8-17)16-22(28)26-21-10-6-9-20(24)23(21)25/h3-14H,2,15-16H2,1H3,(H,26,28). The fourth-order valence-corrected chi connectivity index (χ4v) is 4.72. The van der Waals surface area contributed by atoms with Gasteiger partial charge in [0.25, 0.3) is 0 Å². The lowest BCUT2D eigenvalue weighted by atomic mass is 10.2. The number of nitrogens with one attached hydrogen (secondary N) is 1. The van der Waals surface area contributed by atoms with Crippen LogP contribution in [-0.2, 0) is 21.4 Å². The summed E-state index contributed by atoms with van der Waals surface area (Å²) in [5, 5.41) is 3.11. The van der Waals surface area contributed by atoms with Gasteiger partial charge in [-0.05, 0) is 48.9 Å². The van der Waals surface area contributed by atoms with Crippen LogP contribution in [0.1, 0.15) is 12.5 Å². The monoisotopic (exact) mass is 492 g/mol. The van der Waals surface area contributed by atoms with Gasteiger partial charge in [0.05, 0.1) is 33.8 Å². The molecule has 0 aromatic heterocycles. The highest BCUT2D eigenvalue weighted by Gasteiger charge is 2.27. The van der Waals surface area contributed by atoms with Crippen LogP contribution in [-0.4, -0.2) is 31.8 Å². The van der Waals surface area contributed by atoms with Crippen LogP contribution in [0.2, 0.25) is 10.0 Å². The lowest BCUT2D eigenvalue weighted by Crippen LogP contribution is -2.37. The molecule has 3 aromatic carbocycles. The van der Waals surface area contributed by atoms with Crippen LogP contribution in [0.15, 0.2) is 77.7 Å². The van der Waals surface area contributed by atoms with Crippen molar-refractivity contribution in [3.8, 4) is 5.75 Å². The molecule has 0 aliphatic heterocycles. The Morgan fingerprint density at radius 2 is 1.66 bits per heavy atom. The molecule has 3 aromatic rings. The molecule has 0 aliphatic rings. The van der Waals surface area contributed by atoms with Crippen LogP contribution in [0, 0.1) is 0 Å². The van der Waals surface area contributed by atoms with E-state index in [9.17, 15) is 13.2 Å². The molecule has 168 valence electrons. The Morgan fingerprint density at radius 3 is 2.31 bits per heavy atom. The Hall–Kier alpha value is -2.58. The van der Waals surface area contributed by atoms with Crippen LogP contribution < -0.4 is 10.1 Å². The van der Waals surface area contributed by atoms with E-state index >= 15 is 0 Å². The van der Waals surface area contributed by atoms with Gasteiger partial charge in [0.15, 0.2) is 0 Å². The molecule has 1 amide bonds. The van der Waals surface area contributed by atoms with Crippen LogP contribution >= 0.6 is 23.2 Å². The molecule has 0 saturated heterocycles. The van der Waals surface area contributed by atoms with Gasteiger partial charge in [-0.2, -0.15) is 4.31 Å². The smallest absolute Gasteiger partial charge is 0.243 e. The van der Waals surface area contributed by atoms with E-state index < -0.39 is 22.5 Å². The van der Waals surface area contributed by atoms with Crippen LogP contribution in [0.3, 0.4) is 0 Å². The quantitative estimate of drug-likeness (QED) is 0.444. The van der Waals surface area contributed by atoms with Crippen molar-refractivity contribution in [1.82, 2.24) is 4.31 Å². The van der Waals surface area contributed by atoms with E-state index in [1.165, 1.54) is 12.1 Å². The Balaban J connectivity index is 1.87. The molecule has 0 unspecified atom stereocenters. The van der Waals surface area contributed by atoms with E-state index in [1.807, 2.05) is 25.1 Å². The predicted molar refractivity (Wildman–Crippen MR) is 127 cm³/mol. The number of rotatable bonds is 9. The molecule has 0 spiro atoms. The van der Waals surface area contributed by atoms with Gasteiger partial charge in [-0.15, -0.1) is 0 Å². The minimum atomic E-state index is -3.98. The summed E-state index contributed by atoms with van der Waals surface area (Å²) < 4.78 is 33.2. The maximum atomic E-state index is 13.4. The second-order valence-electron chi connectivity index (χ2n) is 6.81. The van der Waals surface area contributed by atoms with Crippen LogP contribution in [0.4, 0.5) is 5.69 Å². The van der Waals surface area contributed by atoms with Gasteiger partial charge < -0.3 is 10.1 Å². The van der Waals surface area contributed by atoms with Gasteiger partial charge >= 0.3 is 0 Å². The number of benzene rings is 3. The van der Waals surface area contributed by atoms with Crippen molar-refractivity contribution in [2.45, 2.75) is 18.4 Å². The van der Waals surface area contributed by atoms with Gasteiger partial charge in [-0.1, -0.05) is 59.6 Å². The molecular weight excluding hydrogens is 471 g/mol. The summed E-state index contributed by atoms with van der Waals surface area (Å²) in [6, 6.07) is 20.0. The predicted octanol–water partition coefficient (Wildman–Crippen LogP) is 5.22. The van der Waals surface area contributed by atoms with E-state index in [4.69, 9.17) is 27.9 Å². The lowest BCUT2D eigenvalue weighted by Gasteiger charge is -2.22. The number of halogens is 2. The average molecular weight is 493 g/mol. The van der Waals surface area contributed by atoms with Crippen LogP contribution in [0.25, 0.3) is 0 Å². The van der Waals surface area contributed by atoms with E-state index in [-0.39, 0.29) is 21.5 Å². The van der Waals surface area contributed by atoms with E-state index in [1.54, 1.807) is 42.5 Å². The summed E-state index contributed by atoms with van der Waals surface area (Å²) >= 11 is 12.1. The van der Waals surface area contributed by atoms with Crippen molar-refractivity contribution < 1.29 is 17.9 Å². The van der Waals surface area contributed by atoms with E-state index in [2.05, 4.69) is 5.32 Å². The number of carbonyl (C=O) groups is 1. The van der Waals surface area contributed by atoms with Gasteiger partial charge in [-0.3, -0.25) is 4.79 Å². The number of sulfonamides is 1. The zero-order chi connectivity index (χ0) is 23.1. The van der Waals surface area contributed by atoms with Crippen LogP contribution in [0.5, 0.6) is 5.75 Å². The molecule has 0 saturated carbocycles. The van der Waals surface area contributed by atoms with Crippen molar-refractivity contribution in [3.63, 3.8) is 0 Å². The van der Waals surface area contributed by atoms with Crippen molar-refractivity contribution >= 4 is 44.8 Å². The number of carbonyl (C=O) groups excluding carboxylic acids is 1. The second-order valence-corrected chi connectivity index (χ2v) is 9.54. The summed E-state index contributed by atoms with van der Waals surface area (Å²) in [6.07, 6.45) is 0. The Labute approximate surface area is 197 Å². The van der Waals surface area contributed by atoms with Crippen molar-refractivity contribution in [2.24, 2.45) is 0 Å². The minimum absolute atomic E-state index is 0.0209. The maximum Gasteiger partial charge on any atom is 0.243 e. The maximum absolute atomic E-state index is 13.4. The highest BCUT2D eigenvalue weighted by molar-refractivity contribution is 7.89. The number of nitrogens with zero attached hydrogens (tertiary/aromatic N) is 1. The van der Waals surface area contributed by atoms with Crippen molar-refractivity contribution in [2.75, 3.05) is 18.5 Å². The first kappa shape index (κ1) is 24.1. The van der Waals surface area contributed by atoms with Gasteiger partial charge in [0.2, 0.25) is 15.9 Å². The first-order valence-electron chi connectivity index (χ1n) is 9.82. The lowest BCUT2D eigenvalue weighted by molar-refractivity contribution is -0.116. The third-order valence-electron chi connectivity index (χ3n) is 4.52. The first-order valence-corrected chi connectivity index (χ1v) is 12.0. The summed E-state index contributed by atoms with van der Waals surface area (Å²) in [5.41, 5.74) is 1.05. The topological polar surface area (TPSA) is 75.7 Å². The fraction of sp³-hybridized carbons (Fsp3) is 0.174. The van der Waals surface area contributed by atoms with E-state index in [0.29, 0.717) is 18.0 Å². The SMILES string of the molecule is CCOc1ccc(S(=O)(=O)N(CC(=O)Nc2cccc(Cl)c2Cl)Cc2ccccc2)cc1. The largest absolute Gasteiger partial charge is 0.494 e. The molecule has 0 aliphatic carbocycles. The van der Waals surface area contributed by atoms with Crippen molar-refractivity contribution in [1.29, 1.82) is 0 Å². The Bertz CT molecular complexity index is 1170. The molecule has 0 radical (unpaired) electrons. The third kappa shape index (κ3) is 6.01. The first-order chi connectivity index (χ1) is 15.3. The molecule has 6 nitrogen and oxygen atoms in total. The molecule has 0 fully saturated rings. The molecule has 32 heavy (non-hydrogen) atoms. The molecular formula is C23H22Cl2N2O4S. The zero-order valence-corrected chi connectivity index (χ0v) is 19.6. The van der Waals surface area contributed by atoms with Gasteiger partial charge in [-0.25, -0.2) is 8.42 Å². The van der Waals surface area contributed by atoms with Crippen molar-refractivity contribution in [3.05, 3.63) is 88.4 Å². The molecule has 9 heteroatoms. The number of ether oxygens (including phenoxy) is 1. The summed E-state index contributed by atoms with van der Waals surface area (Å²) in [4.78, 5) is 12.8. The van der Waals surface area contributed by atoms with E-state index in [0.717, 1.165) is 9.87 Å². The number of anilines is 1. The summed E-state index contributed by atoms with van der Waals surface area (Å²) in [6.45, 7) is 1.93. The number of amides is 1. The highest BCUT2D eigenvalue weighted by atomic mass is 35.5. The van der Waals surface area contributed by atoms with Gasteiger partial charge in [0, 0.05) is 6.54 Å². The Kier molecular flexibility index (Phi) is 8.15.